The van der Waals surface area contributed by atoms with Gasteiger partial charge >= 0.3 is 0 Å². The minimum Gasteiger partial charge on any atom is -0.388 e. The summed E-state index contributed by atoms with van der Waals surface area (Å²) in [5.41, 5.74) is 0. The molecule has 0 bridgehead atoms. The van der Waals surface area contributed by atoms with Gasteiger partial charge in [0.1, 0.15) is 0 Å². The summed E-state index contributed by atoms with van der Waals surface area (Å²) in [6.07, 6.45) is 0. The van der Waals surface area contributed by atoms with E-state index in [4.69, 9.17) is 0 Å². The van der Waals surface area contributed by atoms with Gasteiger partial charge in [-0.2, -0.15) is 0 Å². The number of methoxy groups -OCH3 is 2. The van der Waals surface area contributed by atoms with E-state index in [9.17, 15) is 16.8 Å². The highest BCUT2D eigenvalue weighted by Crippen LogP contribution is 2.20. The van der Waals surface area contributed by atoms with Crippen LogP contribution in [0.2, 0.25) is 0 Å². The van der Waals surface area contributed by atoms with Crippen molar-refractivity contribution >= 4 is 19.7 Å². The Balaban J connectivity index is -0.000000169. The molecule has 0 fully saturated rings. The van der Waals surface area contributed by atoms with Crippen molar-refractivity contribution in [1.82, 2.24) is 0 Å². The fraction of sp³-hybridized carbons (Fsp3) is 0.368. The van der Waals surface area contributed by atoms with Crippen LogP contribution in [0, 0.1) is 0 Å². The third-order valence-corrected chi connectivity index (χ3v) is 7.79. The summed E-state index contributed by atoms with van der Waals surface area (Å²) in [4.78, 5) is 1.32. The van der Waals surface area contributed by atoms with Crippen LogP contribution in [0.15, 0.2) is 141 Å². The molecular weight excluding hydrogens is 617 g/mol. The number of hydrogen-bond acceptors (Lipinski definition) is 6. The highest BCUT2D eigenvalue weighted by Gasteiger charge is 2.16. The minimum atomic E-state index is -3.34. The van der Waals surface area contributed by atoms with Gasteiger partial charge in [-0.1, -0.05) is 142 Å². The Kier molecular flexibility index (Phi) is 43.0. The SMILES string of the molecule is CC.CC.CC.CC.CC.COC.COC.O=S(=O)(c1ccccc1)c1ccccc1.O=S(=O)(c1ccccc1)c1ccccc1. The van der Waals surface area contributed by atoms with Crippen LogP contribution in [0.4, 0.5) is 0 Å². The first-order chi connectivity index (χ1) is 22.2. The Bertz CT molecular complexity index is 1120. The highest BCUT2D eigenvalue weighted by atomic mass is 32.2. The Morgan fingerprint density at radius 2 is 0.413 bits per heavy atom. The summed E-state index contributed by atoms with van der Waals surface area (Å²) >= 11 is 0. The Hall–Kier alpha value is -3.30. The van der Waals surface area contributed by atoms with Crippen LogP contribution in [0.5, 0.6) is 0 Å². The fourth-order valence-electron chi connectivity index (χ4n) is 2.67. The van der Waals surface area contributed by atoms with Gasteiger partial charge in [0.25, 0.3) is 0 Å². The molecule has 0 saturated carbocycles. The number of ether oxygens (including phenoxy) is 2. The lowest BCUT2D eigenvalue weighted by Crippen LogP contribution is -2.00. The average molecular weight is 679 g/mol. The second-order valence-electron chi connectivity index (χ2n) is 7.08. The zero-order valence-electron chi connectivity index (χ0n) is 30.8. The van der Waals surface area contributed by atoms with Crippen molar-refractivity contribution in [2.45, 2.75) is 88.8 Å². The largest absolute Gasteiger partial charge is 0.388 e. The summed E-state index contributed by atoms with van der Waals surface area (Å²) in [5, 5.41) is 0. The predicted molar refractivity (Wildman–Crippen MR) is 199 cm³/mol. The molecule has 0 radical (unpaired) electrons. The van der Waals surface area contributed by atoms with Gasteiger partial charge in [0.2, 0.25) is 19.7 Å². The minimum absolute atomic E-state index is 0.330. The maximum atomic E-state index is 12.0. The second kappa shape index (κ2) is 37.9. The van der Waals surface area contributed by atoms with Gasteiger partial charge in [-0.25, -0.2) is 16.8 Å². The van der Waals surface area contributed by atoms with Gasteiger partial charge in [-0.15, -0.1) is 0 Å². The molecule has 8 heteroatoms. The van der Waals surface area contributed by atoms with Crippen molar-refractivity contribution < 1.29 is 26.3 Å². The summed E-state index contributed by atoms with van der Waals surface area (Å²) < 4.78 is 56.6. The molecule has 4 aromatic rings. The second-order valence-corrected chi connectivity index (χ2v) is 11.0. The molecule has 0 aromatic heterocycles. The molecule has 0 saturated heterocycles. The topological polar surface area (TPSA) is 86.7 Å². The Labute approximate surface area is 283 Å². The number of rotatable bonds is 4. The summed E-state index contributed by atoms with van der Waals surface area (Å²) in [6, 6.07) is 33.7. The van der Waals surface area contributed by atoms with Crippen molar-refractivity contribution in [2.75, 3.05) is 28.4 Å². The van der Waals surface area contributed by atoms with Gasteiger partial charge in [0.05, 0.1) is 19.6 Å². The van der Waals surface area contributed by atoms with Crippen molar-refractivity contribution in [3.05, 3.63) is 121 Å². The van der Waals surface area contributed by atoms with Gasteiger partial charge < -0.3 is 9.47 Å². The number of sulfone groups is 2. The molecule has 0 unspecified atom stereocenters. The zero-order chi connectivity index (χ0) is 36.9. The Morgan fingerprint density at radius 1 is 0.304 bits per heavy atom. The monoisotopic (exact) mass is 678 g/mol. The fourth-order valence-corrected chi connectivity index (χ4v) is 5.28. The van der Waals surface area contributed by atoms with E-state index in [1.54, 1.807) is 150 Å². The van der Waals surface area contributed by atoms with Crippen LogP contribution in [-0.2, 0) is 29.1 Å². The lowest BCUT2D eigenvalue weighted by Gasteiger charge is -2.03. The molecule has 0 N–H and O–H groups in total. The summed E-state index contributed by atoms with van der Waals surface area (Å²) in [7, 11) is -0.178. The smallest absolute Gasteiger partial charge is 0.206 e. The van der Waals surface area contributed by atoms with Gasteiger partial charge in [-0.05, 0) is 48.5 Å². The van der Waals surface area contributed by atoms with E-state index in [1.165, 1.54) is 0 Å². The first-order valence-corrected chi connectivity index (χ1v) is 18.7. The predicted octanol–water partition coefficient (Wildman–Crippen LogP) is 10.7. The molecule has 0 aliphatic carbocycles. The quantitative estimate of drug-likeness (QED) is 0.213. The van der Waals surface area contributed by atoms with Crippen LogP contribution in [0.1, 0.15) is 69.2 Å². The molecule has 4 aromatic carbocycles. The molecule has 0 heterocycles. The molecule has 0 aliphatic rings. The maximum absolute atomic E-state index is 12.0. The summed E-state index contributed by atoms with van der Waals surface area (Å²) in [6.45, 7) is 20.0. The van der Waals surface area contributed by atoms with Crippen LogP contribution in [-0.4, -0.2) is 45.3 Å². The van der Waals surface area contributed by atoms with Crippen molar-refractivity contribution in [1.29, 1.82) is 0 Å². The average Bonchev–Trinajstić information content (AvgIpc) is 3.15. The molecule has 0 spiro atoms. The van der Waals surface area contributed by atoms with Gasteiger partial charge in [0, 0.05) is 28.4 Å². The molecule has 0 amide bonds. The first-order valence-electron chi connectivity index (χ1n) is 15.8. The van der Waals surface area contributed by atoms with E-state index < -0.39 is 19.7 Å². The third-order valence-electron chi connectivity index (χ3n) is 4.21. The molecule has 4 rings (SSSR count). The van der Waals surface area contributed by atoms with E-state index in [2.05, 4.69) is 9.47 Å². The lowest BCUT2D eigenvalue weighted by atomic mass is 10.4. The van der Waals surface area contributed by atoms with Crippen molar-refractivity contribution in [2.24, 2.45) is 0 Å². The van der Waals surface area contributed by atoms with E-state index in [-0.39, 0.29) is 0 Å². The number of hydrogen-bond donors (Lipinski definition) is 0. The zero-order valence-corrected chi connectivity index (χ0v) is 32.4. The molecular formula is C38H62O6S2. The molecule has 46 heavy (non-hydrogen) atoms. The van der Waals surface area contributed by atoms with Crippen LogP contribution < -0.4 is 0 Å². The molecule has 0 aliphatic heterocycles. The van der Waals surface area contributed by atoms with Gasteiger partial charge in [-0.3, -0.25) is 0 Å². The third kappa shape index (κ3) is 23.1. The molecule has 262 valence electrons. The van der Waals surface area contributed by atoms with E-state index >= 15 is 0 Å². The van der Waals surface area contributed by atoms with E-state index in [1.807, 2.05) is 69.2 Å². The highest BCUT2D eigenvalue weighted by molar-refractivity contribution is 7.91. The standard InChI is InChI=1S/2C12H10O2S.2C2H6O.5C2H6/c2*13-15(14,11-7-3-1-4-8-11)12-9-5-2-6-10-12;2*1-3-2;5*1-2/h2*1-10H;2*1-2H3;5*1-2H3. The van der Waals surface area contributed by atoms with Crippen molar-refractivity contribution in [3.63, 3.8) is 0 Å². The lowest BCUT2D eigenvalue weighted by molar-refractivity contribution is 0.277. The van der Waals surface area contributed by atoms with Crippen LogP contribution in [0.3, 0.4) is 0 Å². The van der Waals surface area contributed by atoms with Crippen molar-refractivity contribution in [3.8, 4) is 0 Å². The molecule has 6 nitrogen and oxygen atoms in total. The van der Waals surface area contributed by atoms with Gasteiger partial charge in [0.15, 0.2) is 0 Å². The molecule has 0 atom stereocenters. The summed E-state index contributed by atoms with van der Waals surface area (Å²) in [5.74, 6) is 0. The van der Waals surface area contributed by atoms with E-state index in [0.29, 0.717) is 19.6 Å². The maximum Gasteiger partial charge on any atom is 0.206 e. The number of benzene rings is 4. The normalized spacial score (nSPS) is 8.74. The first kappa shape index (κ1) is 52.2. The van der Waals surface area contributed by atoms with Crippen LogP contribution in [0.25, 0.3) is 0 Å². The van der Waals surface area contributed by atoms with E-state index in [0.717, 1.165) is 0 Å². The Morgan fingerprint density at radius 3 is 0.522 bits per heavy atom. The van der Waals surface area contributed by atoms with Crippen LogP contribution >= 0.6 is 0 Å².